The number of amides is 1. The lowest BCUT2D eigenvalue weighted by molar-refractivity contribution is -0.126. The lowest BCUT2D eigenvalue weighted by Crippen LogP contribution is -2.53. The fourth-order valence-corrected chi connectivity index (χ4v) is 3.63. The normalized spacial score (nSPS) is 16.7. The van der Waals surface area contributed by atoms with Gasteiger partial charge in [-0.3, -0.25) is 14.6 Å². The van der Waals surface area contributed by atoms with Gasteiger partial charge in [0.1, 0.15) is 5.82 Å². The first-order chi connectivity index (χ1) is 13.5. The van der Waals surface area contributed by atoms with Crippen molar-refractivity contribution >= 4 is 5.91 Å². The van der Waals surface area contributed by atoms with E-state index in [-0.39, 0.29) is 17.8 Å². The summed E-state index contributed by atoms with van der Waals surface area (Å²) in [6.45, 7) is 9.43. The molecule has 0 radical (unpaired) electrons. The highest BCUT2D eigenvalue weighted by molar-refractivity contribution is 5.81. The summed E-state index contributed by atoms with van der Waals surface area (Å²) in [6.07, 6.45) is 0.711. The second-order valence-electron chi connectivity index (χ2n) is 7.58. The molecule has 150 valence electrons. The molecule has 5 heteroatoms. The molecule has 0 spiro atoms. The van der Waals surface area contributed by atoms with Gasteiger partial charge >= 0.3 is 0 Å². The van der Waals surface area contributed by atoms with Gasteiger partial charge in [-0.1, -0.05) is 36.4 Å². The third-order valence-electron chi connectivity index (χ3n) is 5.62. The molecule has 2 aromatic carbocycles. The highest BCUT2D eigenvalue weighted by atomic mass is 19.1. The molecule has 0 aliphatic carbocycles. The van der Waals surface area contributed by atoms with Gasteiger partial charge in [-0.2, -0.15) is 0 Å². The van der Waals surface area contributed by atoms with Crippen LogP contribution in [0.2, 0.25) is 0 Å². The minimum Gasteiger partial charge on any atom is -0.354 e. The van der Waals surface area contributed by atoms with Crippen molar-refractivity contribution in [1.29, 1.82) is 0 Å². The van der Waals surface area contributed by atoms with E-state index in [1.807, 2.05) is 6.92 Å². The van der Waals surface area contributed by atoms with Gasteiger partial charge in [0.05, 0.1) is 6.04 Å². The van der Waals surface area contributed by atoms with Crippen LogP contribution in [0.4, 0.5) is 4.39 Å². The van der Waals surface area contributed by atoms with E-state index >= 15 is 0 Å². The number of hydrogen-bond donors (Lipinski definition) is 1. The zero-order chi connectivity index (χ0) is 19.9. The van der Waals surface area contributed by atoms with Gasteiger partial charge in [0.25, 0.3) is 0 Å². The Balaban J connectivity index is 1.40. The molecule has 1 aliphatic rings. The lowest BCUT2D eigenvalue weighted by Gasteiger charge is -2.37. The molecule has 0 unspecified atom stereocenters. The molecule has 1 amide bonds. The van der Waals surface area contributed by atoms with Gasteiger partial charge < -0.3 is 5.32 Å². The number of piperazine rings is 1. The van der Waals surface area contributed by atoms with Gasteiger partial charge in [0.15, 0.2) is 0 Å². The minimum atomic E-state index is -0.233. The van der Waals surface area contributed by atoms with Crippen molar-refractivity contribution in [2.75, 3.05) is 32.7 Å². The summed E-state index contributed by atoms with van der Waals surface area (Å²) in [6, 6.07) is 14.8. The monoisotopic (exact) mass is 383 g/mol. The van der Waals surface area contributed by atoms with Crippen molar-refractivity contribution in [3.63, 3.8) is 0 Å². The van der Waals surface area contributed by atoms with Crippen molar-refractivity contribution in [2.45, 2.75) is 32.9 Å². The smallest absolute Gasteiger partial charge is 0.237 e. The van der Waals surface area contributed by atoms with Crippen LogP contribution in [0.3, 0.4) is 0 Å². The molecule has 1 heterocycles. The highest BCUT2D eigenvalue weighted by Gasteiger charge is 2.25. The van der Waals surface area contributed by atoms with E-state index in [4.69, 9.17) is 0 Å². The van der Waals surface area contributed by atoms with E-state index < -0.39 is 0 Å². The summed E-state index contributed by atoms with van der Waals surface area (Å²) < 4.78 is 12.9. The predicted octanol–water partition coefficient (Wildman–Crippen LogP) is 3.00. The number of aryl methyl sites for hydroxylation is 1. The van der Waals surface area contributed by atoms with Gasteiger partial charge in [0, 0.05) is 39.3 Å². The average Bonchev–Trinajstić information content (AvgIpc) is 2.71. The van der Waals surface area contributed by atoms with Gasteiger partial charge in [-0.05, 0) is 49.1 Å². The highest BCUT2D eigenvalue weighted by Crippen LogP contribution is 2.13. The maximum atomic E-state index is 12.9. The molecule has 0 aromatic heterocycles. The summed E-state index contributed by atoms with van der Waals surface area (Å²) in [5, 5.41) is 3.01. The molecule has 1 saturated heterocycles. The zero-order valence-electron chi connectivity index (χ0n) is 16.8. The standard InChI is InChI=1S/C23H30FN3O/c1-18-5-3-4-6-21(18)17-26-13-15-27(16-14-26)19(2)23(28)25-12-11-20-7-9-22(24)10-8-20/h3-10,19H,11-17H2,1-2H3,(H,25,28)/t19-/m1/s1. The Morgan fingerprint density at radius 1 is 1.07 bits per heavy atom. The molecule has 2 aromatic rings. The SMILES string of the molecule is Cc1ccccc1CN1CCN([C@H](C)C(=O)NCCc2ccc(F)cc2)CC1. The lowest BCUT2D eigenvalue weighted by atomic mass is 10.1. The van der Waals surface area contributed by atoms with Crippen LogP contribution in [-0.2, 0) is 17.8 Å². The third kappa shape index (κ3) is 5.63. The second-order valence-corrected chi connectivity index (χ2v) is 7.58. The summed E-state index contributed by atoms with van der Waals surface area (Å²) in [5.74, 6) is -0.169. The van der Waals surface area contributed by atoms with Crippen molar-refractivity contribution in [2.24, 2.45) is 0 Å². The number of nitrogens with zero attached hydrogens (tertiary/aromatic N) is 2. The molecule has 1 aliphatic heterocycles. The van der Waals surface area contributed by atoms with Gasteiger partial charge in [-0.15, -0.1) is 0 Å². The largest absolute Gasteiger partial charge is 0.354 e. The van der Waals surface area contributed by atoms with Crippen LogP contribution in [0, 0.1) is 12.7 Å². The first kappa shape index (κ1) is 20.5. The van der Waals surface area contributed by atoms with Crippen molar-refractivity contribution < 1.29 is 9.18 Å². The number of benzene rings is 2. The number of carbonyl (C=O) groups is 1. The van der Waals surface area contributed by atoms with Crippen molar-refractivity contribution in [3.05, 3.63) is 71.0 Å². The molecule has 4 nitrogen and oxygen atoms in total. The molecule has 1 N–H and O–H groups in total. The molecular formula is C23H30FN3O. The summed E-state index contributed by atoms with van der Waals surface area (Å²) in [4.78, 5) is 17.2. The molecule has 0 saturated carbocycles. The number of carbonyl (C=O) groups excluding carboxylic acids is 1. The Labute approximate surface area is 167 Å². The molecule has 1 atom stereocenters. The Morgan fingerprint density at radius 2 is 1.75 bits per heavy atom. The van der Waals surface area contributed by atoms with E-state index in [0.717, 1.165) is 38.3 Å². The van der Waals surface area contributed by atoms with Crippen molar-refractivity contribution in [1.82, 2.24) is 15.1 Å². The first-order valence-electron chi connectivity index (χ1n) is 10.1. The fourth-order valence-electron chi connectivity index (χ4n) is 3.63. The number of rotatable bonds is 7. The molecule has 1 fully saturated rings. The van der Waals surface area contributed by atoms with Crippen molar-refractivity contribution in [3.8, 4) is 0 Å². The Morgan fingerprint density at radius 3 is 2.43 bits per heavy atom. The van der Waals surface area contributed by atoms with Crippen LogP contribution >= 0.6 is 0 Å². The minimum absolute atomic E-state index is 0.0643. The van der Waals surface area contributed by atoms with E-state index in [0.29, 0.717) is 13.0 Å². The van der Waals surface area contributed by atoms with Crippen LogP contribution in [-0.4, -0.2) is 54.5 Å². The van der Waals surface area contributed by atoms with Crippen LogP contribution < -0.4 is 5.32 Å². The maximum absolute atomic E-state index is 12.9. The van der Waals surface area contributed by atoms with E-state index in [9.17, 15) is 9.18 Å². The molecule has 3 rings (SSSR count). The molecular weight excluding hydrogens is 353 g/mol. The summed E-state index contributed by atoms with van der Waals surface area (Å²) in [7, 11) is 0. The van der Waals surface area contributed by atoms with Gasteiger partial charge in [-0.25, -0.2) is 4.39 Å². The number of halogens is 1. The second kappa shape index (κ2) is 9.80. The van der Waals surface area contributed by atoms with Crippen LogP contribution in [0.5, 0.6) is 0 Å². The Hall–Kier alpha value is -2.24. The van der Waals surface area contributed by atoms with Crippen LogP contribution in [0.1, 0.15) is 23.6 Å². The van der Waals surface area contributed by atoms with Gasteiger partial charge in [0.2, 0.25) is 5.91 Å². The zero-order valence-corrected chi connectivity index (χ0v) is 16.8. The van der Waals surface area contributed by atoms with E-state index in [2.05, 4.69) is 46.3 Å². The van der Waals surface area contributed by atoms with Crippen LogP contribution in [0.15, 0.2) is 48.5 Å². The summed E-state index contributed by atoms with van der Waals surface area (Å²) >= 11 is 0. The number of nitrogens with one attached hydrogen (secondary N) is 1. The Bertz CT molecular complexity index is 770. The Kier molecular flexibility index (Phi) is 7.18. The van der Waals surface area contributed by atoms with E-state index in [1.54, 1.807) is 12.1 Å². The third-order valence-corrected chi connectivity index (χ3v) is 5.62. The topological polar surface area (TPSA) is 35.6 Å². The van der Waals surface area contributed by atoms with E-state index in [1.165, 1.54) is 23.3 Å². The van der Waals surface area contributed by atoms with Crippen LogP contribution in [0.25, 0.3) is 0 Å². The predicted molar refractivity (Wildman–Crippen MR) is 111 cm³/mol. The maximum Gasteiger partial charge on any atom is 0.237 e. The average molecular weight is 384 g/mol. The molecule has 0 bridgehead atoms. The first-order valence-corrected chi connectivity index (χ1v) is 10.1. The fraction of sp³-hybridized carbons (Fsp3) is 0.435. The summed E-state index contributed by atoms with van der Waals surface area (Å²) in [5.41, 5.74) is 3.74. The molecule has 28 heavy (non-hydrogen) atoms. The quantitative estimate of drug-likeness (QED) is 0.798. The number of hydrogen-bond acceptors (Lipinski definition) is 3.